The van der Waals surface area contributed by atoms with Gasteiger partial charge in [-0.25, -0.2) is 4.39 Å². The van der Waals surface area contributed by atoms with Gasteiger partial charge in [0.05, 0.1) is 17.7 Å². The van der Waals surface area contributed by atoms with Crippen molar-refractivity contribution < 1.29 is 22.3 Å². The van der Waals surface area contributed by atoms with Crippen LogP contribution < -0.4 is 11.3 Å². The highest BCUT2D eigenvalue weighted by Crippen LogP contribution is 2.40. The van der Waals surface area contributed by atoms with E-state index in [1.807, 2.05) is 0 Å². The number of hydrazine groups is 1. The molecule has 3 nitrogen and oxygen atoms in total. The third kappa shape index (κ3) is 3.11. The predicted octanol–water partition coefficient (Wildman–Crippen LogP) is 2.77. The second-order valence-electron chi connectivity index (χ2n) is 4.92. The summed E-state index contributed by atoms with van der Waals surface area (Å²) in [7, 11) is 1.49. The quantitative estimate of drug-likeness (QED) is 0.498. The highest BCUT2D eigenvalue weighted by atomic mass is 19.4. The first-order valence-corrected chi connectivity index (χ1v) is 6.24. The van der Waals surface area contributed by atoms with Crippen LogP contribution in [0.4, 0.5) is 17.6 Å². The van der Waals surface area contributed by atoms with Crippen molar-refractivity contribution in [2.45, 2.75) is 31.2 Å². The van der Waals surface area contributed by atoms with E-state index in [0.29, 0.717) is 0 Å². The van der Waals surface area contributed by atoms with E-state index in [2.05, 4.69) is 5.43 Å². The second-order valence-corrected chi connectivity index (χ2v) is 4.92. The summed E-state index contributed by atoms with van der Waals surface area (Å²) in [6.45, 7) is 0. The van der Waals surface area contributed by atoms with Crippen molar-refractivity contribution in [1.82, 2.24) is 5.43 Å². The highest BCUT2D eigenvalue weighted by Gasteiger charge is 2.39. The van der Waals surface area contributed by atoms with Crippen LogP contribution in [0.15, 0.2) is 18.2 Å². The van der Waals surface area contributed by atoms with Crippen molar-refractivity contribution >= 4 is 0 Å². The molecule has 0 saturated heterocycles. The summed E-state index contributed by atoms with van der Waals surface area (Å²) in [5.41, 5.74) is 1.45. The molecule has 1 saturated carbocycles. The molecule has 2 unspecified atom stereocenters. The first-order valence-electron chi connectivity index (χ1n) is 6.24. The normalized spacial score (nSPS) is 18.9. The molecule has 0 aliphatic heterocycles. The first-order chi connectivity index (χ1) is 9.38. The number of benzene rings is 1. The summed E-state index contributed by atoms with van der Waals surface area (Å²) in [6, 6.07) is 2.29. The van der Waals surface area contributed by atoms with Crippen LogP contribution in [0, 0.1) is 11.7 Å². The van der Waals surface area contributed by atoms with Crippen LogP contribution in [0.2, 0.25) is 0 Å². The predicted molar refractivity (Wildman–Crippen MR) is 65.0 cm³/mol. The van der Waals surface area contributed by atoms with Gasteiger partial charge in [-0.15, -0.1) is 0 Å². The monoisotopic (exact) mass is 292 g/mol. The van der Waals surface area contributed by atoms with Crippen molar-refractivity contribution in [1.29, 1.82) is 0 Å². The summed E-state index contributed by atoms with van der Waals surface area (Å²) >= 11 is 0. The Morgan fingerprint density at radius 3 is 2.45 bits per heavy atom. The molecule has 0 spiro atoms. The van der Waals surface area contributed by atoms with Crippen molar-refractivity contribution in [2.24, 2.45) is 11.8 Å². The van der Waals surface area contributed by atoms with Crippen LogP contribution >= 0.6 is 0 Å². The van der Waals surface area contributed by atoms with E-state index in [1.165, 1.54) is 13.2 Å². The number of ether oxygens (including phenoxy) is 1. The molecule has 1 aromatic carbocycles. The average Bonchev–Trinajstić information content (AvgIpc) is 3.19. The molecule has 0 bridgehead atoms. The lowest BCUT2D eigenvalue weighted by molar-refractivity contribution is -0.140. The zero-order chi connectivity index (χ0) is 14.9. The number of halogens is 4. The molecule has 2 rings (SSSR count). The third-order valence-corrected chi connectivity index (χ3v) is 3.52. The molecule has 1 aromatic rings. The smallest absolute Gasteiger partial charge is 0.379 e. The second kappa shape index (κ2) is 5.67. The van der Waals surface area contributed by atoms with Gasteiger partial charge >= 0.3 is 6.18 Å². The largest absolute Gasteiger partial charge is 0.419 e. The lowest BCUT2D eigenvalue weighted by Crippen LogP contribution is -2.39. The summed E-state index contributed by atoms with van der Waals surface area (Å²) in [4.78, 5) is 0. The van der Waals surface area contributed by atoms with E-state index in [0.717, 1.165) is 25.0 Å². The minimum absolute atomic E-state index is 0.264. The van der Waals surface area contributed by atoms with Gasteiger partial charge in [0.1, 0.15) is 5.82 Å². The van der Waals surface area contributed by atoms with Crippen LogP contribution in [-0.4, -0.2) is 13.2 Å². The summed E-state index contributed by atoms with van der Waals surface area (Å²) in [5.74, 6) is 4.41. The van der Waals surface area contributed by atoms with E-state index in [9.17, 15) is 17.6 Å². The molecule has 2 atom stereocenters. The molecule has 0 heterocycles. The van der Waals surface area contributed by atoms with Gasteiger partial charge in [0, 0.05) is 7.11 Å². The number of methoxy groups -OCH3 is 1. The van der Waals surface area contributed by atoms with Crippen molar-refractivity contribution in [3.8, 4) is 0 Å². The van der Waals surface area contributed by atoms with E-state index in [1.54, 1.807) is 0 Å². The van der Waals surface area contributed by atoms with E-state index in [4.69, 9.17) is 10.6 Å². The minimum Gasteiger partial charge on any atom is -0.379 e. The van der Waals surface area contributed by atoms with Gasteiger partial charge in [0.25, 0.3) is 0 Å². The molecule has 1 aliphatic rings. The van der Waals surface area contributed by atoms with Gasteiger partial charge in [-0.2, -0.15) is 13.2 Å². The molecule has 0 aromatic heterocycles. The Balaban J connectivity index is 2.34. The number of rotatable bonds is 5. The molecule has 1 fully saturated rings. The van der Waals surface area contributed by atoms with Gasteiger partial charge in [0.15, 0.2) is 0 Å². The molecule has 1 aliphatic carbocycles. The number of nitrogens with two attached hydrogens (primary N) is 1. The van der Waals surface area contributed by atoms with Crippen LogP contribution in [0.25, 0.3) is 0 Å². The summed E-state index contributed by atoms with van der Waals surface area (Å²) in [5, 5.41) is 0. The van der Waals surface area contributed by atoms with Gasteiger partial charge in [-0.1, -0.05) is 6.07 Å². The Kier molecular flexibility index (Phi) is 4.31. The summed E-state index contributed by atoms with van der Waals surface area (Å²) in [6.07, 6.45) is -3.17. The first kappa shape index (κ1) is 15.2. The number of hydrogen-bond acceptors (Lipinski definition) is 3. The van der Waals surface area contributed by atoms with Crippen molar-refractivity contribution in [3.05, 3.63) is 35.1 Å². The van der Waals surface area contributed by atoms with Crippen LogP contribution in [0.3, 0.4) is 0 Å². The Bertz CT molecular complexity index is 474. The zero-order valence-corrected chi connectivity index (χ0v) is 10.9. The fraction of sp³-hybridized carbons (Fsp3) is 0.538. The fourth-order valence-corrected chi connectivity index (χ4v) is 2.36. The molecular formula is C13H16F4N2O. The Labute approximate surface area is 114 Å². The van der Waals surface area contributed by atoms with E-state index >= 15 is 0 Å². The van der Waals surface area contributed by atoms with E-state index in [-0.39, 0.29) is 17.6 Å². The molecule has 0 amide bonds. The molecule has 3 N–H and O–H groups in total. The van der Waals surface area contributed by atoms with Gasteiger partial charge in [-0.05, 0) is 36.5 Å². The topological polar surface area (TPSA) is 47.3 Å². The van der Waals surface area contributed by atoms with Crippen molar-refractivity contribution in [3.63, 3.8) is 0 Å². The van der Waals surface area contributed by atoms with Gasteiger partial charge in [0.2, 0.25) is 0 Å². The minimum atomic E-state index is -4.73. The maximum atomic E-state index is 13.3. The molecule has 0 radical (unpaired) electrons. The van der Waals surface area contributed by atoms with Crippen LogP contribution in [-0.2, 0) is 10.9 Å². The zero-order valence-electron chi connectivity index (χ0n) is 10.9. The number of nitrogens with one attached hydrogen (secondary N) is 1. The van der Waals surface area contributed by atoms with Crippen molar-refractivity contribution in [2.75, 3.05) is 7.11 Å². The number of alkyl halides is 3. The van der Waals surface area contributed by atoms with Gasteiger partial charge in [-0.3, -0.25) is 11.3 Å². The lowest BCUT2D eigenvalue weighted by atomic mass is 9.96. The standard InChI is InChI=1S/C13H16F4N2O/c1-20-12(7-2-3-7)11(19-18)8-4-5-10(14)9(6-8)13(15,16)17/h4-7,11-12,19H,2-3,18H2,1H3. The Morgan fingerprint density at radius 1 is 1.35 bits per heavy atom. The Hall–Kier alpha value is -1.18. The highest BCUT2D eigenvalue weighted by molar-refractivity contribution is 5.30. The fourth-order valence-electron chi connectivity index (χ4n) is 2.36. The van der Waals surface area contributed by atoms with Crippen LogP contribution in [0.5, 0.6) is 0 Å². The average molecular weight is 292 g/mol. The lowest BCUT2D eigenvalue weighted by Gasteiger charge is -2.26. The Morgan fingerprint density at radius 2 is 2.00 bits per heavy atom. The molecule has 112 valence electrons. The SMILES string of the molecule is COC(C1CC1)C(NN)c1ccc(F)c(C(F)(F)F)c1. The summed E-state index contributed by atoms with van der Waals surface area (Å²) < 4.78 is 56.8. The number of hydrogen-bond donors (Lipinski definition) is 2. The van der Waals surface area contributed by atoms with E-state index < -0.39 is 23.6 Å². The molecule has 7 heteroatoms. The maximum absolute atomic E-state index is 13.3. The van der Waals surface area contributed by atoms with Crippen LogP contribution in [0.1, 0.15) is 30.0 Å². The molecule has 20 heavy (non-hydrogen) atoms. The maximum Gasteiger partial charge on any atom is 0.419 e. The molecular weight excluding hydrogens is 276 g/mol. The van der Waals surface area contributed by atoms with Gasteiger partial charge < -0.3 is 4.74 Å². The third-order valence-electron chi connectivity index (χ3n) is 3.52.